The summed E-state index contributed by atoms with van der Waals surface area (Å²) in [5, 5.41) is 0. The number of hydrogen-bond donors (Lipinski definition) is 0. The predicted molar refractivity (Wildman–Crippen MR) is 100 cm³/mol. The summed E-state index contributed by atoms with van der Waals surface area (Å²) in [6.45, 7) is 4.01. The average Bonchev–Trinajstić information content (AvgIpc) is 2.63. The highest BCUT2D eigenvalue weighted by molar-refractivity contribution is 7.22. The van der Waals surface area contributed by atoms with Crippen molar-refractivity contribution in [2.75, 3.05) is 13.2 Å². The molecule has 5 heteroatoms. The summed E-state index contributed by atoms with van der Waals surface area (Å²) in [6.07, 6.45) is 0. The van der Waals surface area contributed by atoms with E-state index in [1.807, 2.05) is 60.7 Å². The molecule has 0 bridgehead atoms. The molecule has 0 aromatic heterocycles. The quantitative estimate of drug-likeness (QED) is 0.655. The highest BCUT2D eigenvalue weighted by Gasteiger charge is 2.53. The van der Waals surface area contributed by atoms with Crippen LogP contribution in [0.15, 0.2) is 60.7 Å². The smallest absolute Gasteiger partial charge is 0.320 e. The summed E-state index contributed by atoms with van der Waals surface area (Å²) < 4.78 is 10.7. The molecule has 0 saturated carbocycles. The minimum Gasteiger partial charge on any atom is -0.470 e. The van der Waals surface area contributed by atoms with Gasteiger partial charge in [0.05, 0.1) is 13.2 Å². The average molecular weight is 356 g/mol. The number of rotatable bonds is 8. The van der Waals surface area contributed by atoms with Gasteiger partial charge in [0, 0.05) is 0 Å². The fourth-order valence-electron chi connectivity index (χ4n) is 2.86. The second kappa shape index (κ2) is 9.18. The van der Waals surface area contributed by atoms with Crippen molar-refractivity contribution in [1.29, 1.82) is 0 Å². The van der Waals surface area contributed by atoms with Gasteiger partial charge in [0.15, 0.2) is 0 Å². The third-order valence-electron chi connectivity index (χ3n) is 4.03. The molecule has 0 heterocycles. The summed E-state index contributed by atoms with van der Waals surface area (Å²) in [6, 6.07) is 20.0. The van der Waals surface area contributed by atoms with E-state index in [1.54, 1.807) is 13.8 Å². The van der Waals surface area contributed by atoms with Crippen molar-refractivity contribution >= 4 is 19.3 Å². The minimum atomic E-state index is -3.25. The molecule has 0 aliphatic heterocycles. The zero-order valence-electron chi connectivity index (χ0n) is 14.7. The Morgan fingerprint density at radius 2 is 1.08 bits per heavy atom. The van der Waals surface area contributed by atoms with E-state index < -0.39 is 19.3 Å². The molecule has 25 heavy (non-hydrogen) atoms. The van der Waals surface area contributed by atoms with E-state index in [9.17, 15) is 9.59 Å². The van der Waals surface area contributed by atoms with Gasteiger partial charge in [-0.15, -0.1) is 0 Å². The molecule has 0 spiro atoms. The second-order valence-electron chi connectivity index (χ2n) is 5.85. The van der Waals surface area contributed by atoms with E-state index in [-0.39, 0.29) is 13.2 Å². The van der Waals surface area contributed by atoms with Crippen LogP contribution in [0.25, 0.3) is 0 Å². The van der Waals surface area contributed by atoms with Gasteiger partial charge in [-0.2, -0.15) is 0 Å². The van der Waals surface area contributed by atoms with E-state index in [0.29, 0.717) is 12.1 Å². The maximum atomic E-state index is 12.9. The first-order valence-corrected chi connectivity index (χ1v) is 11.0. The fraction of sp³-hybridized carbons (Fsp3) is 0.300. The molecule has 2 aromatic carbocycles. The molecule has 2 aromatic rings. The van der Waals surface area contributed by atoms with Gasteiger partial charge in [-0.1, -0.05) is 60.7 Å². The lowest BCUT2D eigenvalue weighted by Crippen LogP contribution is -2.57. The molecule has 0 aliphatic rings. The monoisotopic (exact) mass is 356 g/mol. The van der Waals surface area contributed by atoms with Crippen molar-refractivity contribution < 1.29 is 19.1 Å². The summed E-state index contributed by atoms with van der Waals surface area (Å²) in [4.78, 5) is 25.9. The molecule has 0 amide bonds. The van der Waals surface area contributed by atoms with Crippen LogP contribution in [0.3, 0.4) is 0 Å². The highest BCUT2D eigenvalue weighted by atomic mass is 28.3. The van der Waals surface area contributed by atoms with Crippen LogP contribution in [0.5, 0.6) is 0 Å². The van der Waals surface area contributed by atoms with E-state index in [0.717, 1.165) is 11.1 Å². The van der Waals surface area contributed by atoms with Gasteiger partial charge in [-0.3, -0.25) is 9.59 Å². The van der Waals surface area contributed by atoms with Crippen LogP contribution in [-0.4, -0.2) is 32.5 Å². The molecule has 0 atom stereocenters. The zero-order chi connectivity index (χ0) is 18.1. The Morgan fingerprint density at radius 1 is 0.720 bits per heavy atom. The number of ether oxygens (including phenoxy) is 2. The van der Waals surface area contributed by atoms with Crippen LogP contribution in [0.2, 0.25) is 0 Å². The molecule has 0 aliphatic carbocycles. The second-order valence-corrected chi connectivity index (χ2v) is 9.54. The largest absolute Gasteiger partial charge is 0.470 e. The number of benzene rings is 2. The first kappa shape index (κ1) is 18.9. The van der Waals surface area contributed by atoms with Gasteiger partial charge < -0.3 is 9.47 Å². The number of carbonyl (C=O) groups is 2. The lowest BCUT2D eigenvalue weighted by molar-refractivity contribution is 0.166. The van der Waals surface area contributed by atoms with Gasteiger partial charge in [-0.25, -0.2) is 0 Å². The maximum absolute atomic E-state index is 12.9. The van der Waals surface area contributed by atoms with Crippen LogP contribution in [-0.2, 0) is 21.6 Å². The Labute approximate surface area is 149 Å². The van der Waals surface area contributed by atoms with Gasteiger partial charge in [0.2, 0.25) is 0 Å². The minimum absolute atomic E-state index is 0.247. The lowest BCUT2D eigenvalue weighted by Gasteiger charge is -2.27. The van der Waals surface area contributed by atoms with E-state index in [2.05, 4.69) is 0 Å². The Hall–Kier alpha value is -2.40. The molecule has 0 N–H and O–H groups in total. The van der Waals surface area contributed by atoms with Crippen molar-refractivity contribution in [1.82, 2.24) is 0 Å². The lowest BCUT2D eigenvalue weighted by atomic mass is 10.2. The maximum Gasteiger partial charge on any atom is 0.320 e. The SMILES string of the molecule is CCOC(=O)[Si](Cc1ccccc1)(Cc1ccccc1)C(=O)OCC. The van der Waals surface area contributed by atoms with Crippen LogP contribution < -0.4 is 0 Å². The predicted octanol–water partition coefficient (Wildman–Crippen LogP) is 4.48. The summed E-state index contributed by atoms with van der Waals surface area (Å²) >= 11 is 0. The van der Waals surface area contributed by atoms with E-state index >= 15 is 0 Å². The number of carbonyl (C=O) groups excluding carboxylic acids is 2. The van der Waals surface area contributed by atoms with Crippen molar-refractivity contribution in [3.63, 3.8) is 0 Å². The first-order chi connectivity index (χ1) is 12.1. The van der Waals surface area contributed by atoms with Crippen LogP contribution in [0.4, 0.5) is 9.59 Å². The molecule has 132 valence electrons. The third-order valence-corrected chi connectivity index (χ3v) is 7.91. The normalized spacial score (nSPS) is 11.0. The molecule has 0 fully saturated rings. The molecular weight excluding hydrogens is 332 g/mol. The van der Waals surface area contributed by atoms with Crippen LogP contribution >= 0.6 is 0 Å². The van der Waals surface area contributed by atoms with Gasteiger partial charge in [-0.05, 0) is 37.1 Å². The number of hydrogen-bond acceptors (Lipinski definition) is 4. The molecule has 2 rings (SSSR count). The Bertz CT molecular complexity index is 624. The van der Waals surface area contributed by atoms with Crippen molar-refractivity contribution in [3.05, 3.63) is 71.8 Å². The fourth-order valence-corrected chi connectivity index (χ4v) is 6.44. The van der Waals surface area contributed by atoms with Crippen molar-refractivity contribution in [2.45, 2.75) is 25.9 Å². The summed E-state index contributed by atoms with van der Waals surface area (Å²) in [5.41, 5.74) is 1.10. The third kappa shape index (κ3) is 4.79. The summed E-state index contributed by atoms with van der Waals surface area (Å²) in [7, 11) is -3.25. The first-order valence-electron chi connectivity index (χ1n) is 8.54. The van der Waals surface area contributed by atoms with E-state index in [4.69, 9.17) is 9.47 Å². The Kier molecular flexibility index (Phi) is 6.95. The van der Waals surface area contributed by atoms with Gasteiger partial charge >= 0.3 is 8.07 Å². The van der Waals surface area contributed by atoms with Crippen molar-refractivity contribution in [2.24, 2.45) is 0 Å². The standard InChI is InChI=1S/C20H24O4Si/c1-3-23-19(21)25(20(22)24-4-2,15-17-11-7-5-8-12-17)16-18-13-9-6-10-14-18/h5-14H,3-4,15-16H2,1-2H3. The topological polar surface area (TPSA) is 52.6 Å². The Morgan fingerprint density at radius 3 is 1.40 bits per heavy atom. The Balaban J connectivity index is 2.47. The van der Waals surface area contributed by atoms with Gasteiger partial charge in [0.1, 0.15) is 0 Å². The van der Waals surface area contributed by atoms with Crippen molar-refractivity contribution in [3.8, 4) is 0 Å². The van der Waals surface area contributed by atoms with E-state index in [1.165, 1.54) is 0 Å². The van der Waals surface area contributed by atoms with Gasteiger partial charge in [0.25, 0.3) is 11.2 Å². The molecule has 4 nitrogen and oxygen atoms in total. The molecule has 0 unspecified atom stereocenters. The molecule has 0 radical (unpaired) electrons. The highest BCUT2D eigenvalue weighted by Crippen LogP contribution is 2.23. The molecule has 0 saturated heterocycles. The summed E-state index contributed by atoms with van der Waals surface area (Å²) in [5.74, 6) is 0. The van der Waals surface area contributed by atoms with Crippen LogP contribution in [0, 0.1) is 0 Å². The zero-order valence-corrected chi connectivity index (χ0v) is 15.7. The van der Waals surface area contributed by atoms with Crippen LogP contribution in [0.1, 0.15) is 25.0 Å². The molecular formula is C20H24O4Si.